The number of rotatable bonds is 7. The van der Waals surface area contributed by atoms with Gasteiger partial charge in [-0.3, -0.25) is 0 Å². The van der Waals surface area contributed by atoms with Gasteiger partial charge >= 0.3 is 0 Å². The van der Waals surface area contributed by atoms with Crippen LogP contribution in [0.2, 0.25) is 0 Å². The van der Waals surface area contributed by atoms with Gasteiger partial charge < -0.3 is 14.5 Å². The fourth-order valence-electron chi connectivity index (χ4n) is 5.25. The second-order valence-electron chi connectivity index (χ2n) is 13.8. The molecule has 2 aliphatic heterocycles. The largest absolute Gasteiger partial charge is 0.475 e. The van der Waals surface area contributed by atoms with Crippen LogP contribution in [0, 0.1) is 0 Å². The highest BCUT2D eigenvalue weighted by molar-refractivity contribution is 5.95. The predicted octanol–water partition coefficient (Wildman–Crippen LogP) is 8.31. The molecule has 206 valence electrons. The number of nitrogens with zero attached hydrogens (tertiary/aromatic N) is 3. The van der Waals surface area contributed by atoms with Crippen LogP contribution in [0.4, 0.5) is 5.69 Å². The van der Waals surface area contributed by atoms with Crippen molar-refractivity contribution in [2.24, 2.45) is 4.99 Å². The van der Waals surface area contributed by atoms with Crippen LogP contribution in [0.3, 0.4) is 0 Å². The third kappa shape index (κ3) is 6.27. The lowest BCUT2D eigenvalue weighted by Crippen LogP contribution is -2.29. The first kappa shape index (κ1) is 28.3. The van der Waals surface area contributed by atoms with Gasteiger partial charge in [0.1, 0.15) is 6.61 Å². The highest BCUT2D eigenvalue weighted by Crippen LogP contribution is 2.37. The average molecular weight is 516 g/mol. The highest BCUT2D eigenvalue weighted by Gasteiger charge is 2.27. The molecule has 2 aromatic carbocycles. The van der Waals surface area contributed by atoms with Gasteiger partial charge in [0, 0.05) is 30.2 Å². The summed E-state index contributed by atoms with van der Waals surface area (Å²) < 4.78 is 6.18. The van der Waals surface area contributed by atoms with Crippen LogP contribution in [-0.2, 0) is 15.6 Å². The minimum atomic E-state index is 0.0756. The second kappa shape index (κ2) is 10.8. The maximum atomic E-state index is 6.18. The SMILES string of the molecule is CC(C)c1cccc(C(C)C)c1N1C=CN(CC[C@H]2COC(c3cc(C(C)(C)C)cc(C(C)(C)C)c3)=N2)C1. The zero-order chi connectivity index (χ0) is 27.8. The van der Waals surface area contributed by atoms with Crippen LogP contribution in [0.1, 0.15) is 115 Å². The molecule has 0 aliphatic carbocycles. The standard InChI is InChI=1S/C34H49N3O/c1-23(2)29-12-11-13-30(24(3)4)31(29)37-17-16-36(22-37)15-14-28-21-38-32(35-28)25-18-26(33(5,6)7)20-27(19-25)34(8,9)10/h11-13,16-20,23-24,28H,14-15,21-22H2,1-10H3/t28-/m0/s1. The molecule has 0 fully saturated rings. The Kier molecular flexibility index (Phi) is 8.02. The third-order valence-corrected chi connectivity index (χ3v) is 7.79. The maximum Gasteiger partial charge on any atom is 0.216 e. The summed E-state index contributed by atoms with van der Waals surface area (Å²) in [6, 6.07) is 13.9. The van der Waals surface area contributed by atoms with E-state index in [2.05, 4.69) is 128 Å². The van der Waals surface area contributed by atoms with Gasteiger partial charge in [0.15, 0.2) is 0 Å². The van der Waals surface area contributed by atoms with Crippen molar-refractivity contribution in [1.82, 2.24) is 4.90 Å². The topological polar surface area (TPSA) is 28.1 Å². The lowest BCUT2D eigenvalue weighted by Gasteiger charge is -2.28. The third-order valence-electron chi connectivity index (χ3n) is 7.79. The molecule has 0 amide bonds. The maximum absolute atomic E-state index is 6.18. The molecule has 0 unspecified atom stereocenters. The van der Waals surface area contributed by atoms with E-state index in [-0.39, 0.29) is 16.9 Å². The van der Waals surface area contributed by atoms with Crippen molar-refractivity contribution >= 4 is 11.6 Å². The van der Waals surface area contributed by atoms with E-state index >= 15 is 0 Å². The lowest BCUT2D eigenvalue weighted by molar-refractivity contribution is 0.296. The molecule has 2 aliphatic rings. The summed E-state index contributed by atoms with van der Waals surface area (Å²) in [4.78, 5) is 9.88. The normalized spacial score (nSPS) is 18.1. The molecule has 0 aromatic heterocycles. The number of para-hydroxylation sites is 1. The van der Waals surface area contributed by atoms with E-state index in [4.69, 9.17) is 9.73 Å². The molecule has 2 aromatic rings. The summed E-state index contributed by atoms with van der Waals surface area (Å²) in [6.45, 7) is 25.3. The van der Waals surface area contributed by atoms with Crippen molar-refractivity contribution < 1.29 is 4.74 Å². The summed E-state index contributed by atoms with van der Waals surface area (Å²) in [5, 5.41) is 0. The van der Waals surface area contributed by atoms with Crippen LogP contribution in [0.25, 0.3) is 0 Å². The average Bonchev–Trinajstić information content (AvgIpc) is 3.50. The predicted molar refractivity (Wildman–Crippen MR) is 163 cm³/mol. The van der Waals surface area contributed by atoms with Crippen molar-refractivity contribution in [3.8, 4) is 0 Å². The molecule has 38 heavy (non-hydrogen) atoms. The molecule has 0 spiro atoms. The zero-order valence-electron chi connectivity index (χ0n) is 25.4. The smallest absolute Gasteiger partial charge is 0.216 e. The summed E-state index contributed by atoms with van der Waals surface area (Å²) in [5.74, 6) is 1.79. The molecule has 0 N–H and O–H groups in total. The van der Waals surface area contributed by atoms with Gasteiger partial charge in [-0.05, 0) is 63.5 Å². The van der Waals surface area contributed by atoms with Crippen molar-refractivity contribution in [1.29, 1.82) is 0 Å². The summed E-state index contributed by atoms with van der Waals surface area (Å²) in [5.41, 5.74) is 8.16. The minimum absolute atomic E-state index is 0.0756. The van der Waals surface area contributed by atoms with Crippen LogP contribution < -0.4 is 4.90 Å². The van der Waals surface area contributed by atoms with Gasteiger partial charge in [0.2, 0.25) is 5.90 Å². The van der Waals surface area contributed by atoms with E-state index in [1.807, 2.05) is 0 Å². The fourth-order valence-corrected chi connectivity index (χ4v) is 5.25. The van der Waals surface area contributed by atoms with E-state index in [0.29, 0.717) is 18.4 Å². The molecular weight excluding hydrogens is 466 g/mol. The van der Waals surface area contributed by atoms with Crippen molar-refractivity contribution in [3.63, 3.8) is 0 Å². The molecule has 4 heteroatoms. The number of ether oxygens (including phenoxy) is 1. The van der Waals surface area contributed by atoms with Gasteiger partial charge in [-0.1, -0.05) is 93.5 Å². The first-order valence-corrected chi connectivity index (χ1v) is 14.4. The Morgan fingerprint density at radius 2 is 1.45 bits per heavy atom. The summed E-state index contributed by atoms with van der Waals surface area (Å²) in [6.07, 6.45) is 5.47. The number of aliphatic imine (C=N–C) groups is 1. The number of benzene rings is 2. The van der Waals surface area contributed by atoms with E-state index in [1.165, 1.54) is 27.9 Å². The molecular formula is C34H49N3O. The quantitative estimate of drug-likeness (QED) is 0.371. The lowest BCUT2D eigenvalue weighted by atomic mass is 9.79. The number of hydrogen-bond donors (Lipinski definition) is 0. The Labute approximate surface area is 231 Å². The first-order chi connectivity index (χ1) is 17.7. The van der Waals surface area contributed by atoms with Gasteiger partial charge in [-0.2, -0.15) is 0 Å². The van der Waals surface area contributed by atoms with Crippen molar-refractivity contribution in [2.45, 2.75) is 104 Å². The van der Waals surface area contributed by atoms with Crippen LogP contribution in [0.15, 0.2) is 53.8 Å². The van der Waals surface area contributed by atoms with Gasteiger partial charge in [-0.25, -0.2) is 4.99 Å². The molecule has 1 atom stereocenters. The van der Waals surface area contributed by atoms with Crippen molar-refractivity contribution in [3.05, 3.63) is 76.6 Å². The van der Waals surface area contributed by atoms with E-state index in [9.17, 15) is 0 Å². The van der Waals surface area contributed by atoms with Gasteiger partial charge in [0.05, 0.1) is 12.7 Å². The molecule has 4 rings (SSSR count). The van der Waals surface area contributed by atoms with Crippen LogP contribution in [-0.4, -0.2) is 36.7 Å². The summed E-state index contributed by atoms with van der Waals surface area (Å²) in [7, 11) is 0. The van der Waals surface area contributed by atoms with E-state index in [0.717, 1.165) is 31.1 Å². The van der Waals surface area contributed by atoms with Crippen LogP contribution in [0.5, 0.6) is 0 Å². The Bertz CT molecular complexity index is 1130. The van der Waals surface area contributed by atoms with Crippen molar-refractivity contribution in [2.75, 3.05) is 24.7 Å². The second-order valence-corrected chi connectivity index (χ2v) is 13.8. The molecule has 0 radical (unpaired) electrons. The van der Waals surface area contributed by atoms with E-state index < -0.39 is 0 Å². The minimum Gasteiger partial charge on any atom is -0.475 e. The zero-order valence-corrected chi connectivity index (χ0v) is 25.4. The Hall–Kier alpha value is -2.75. The van der Waals surface area contributed by atoms with E-state index in [1.54, 1.807) is 0 Å². The molecule has 4 nitrogen and oxygen atoms in total. The highest BCUT2D eigenvalue weighted by atomic mass is 16.5. The number of anilines is 1. The fraction of sp³-hybridized carbons (Fsp3) is 0.559. The Morgan fingerprint density at radius 3 is 1.97 bits per heavy atom. The Morgan fingerprint density at radius 1 is 0.868 bits per heavy atom. The molecule has 2 heterocycles. The van der Waals surface area contributed by atoms with Gasteiger partial charge in [-0.15, -0.1) is 0 Å². The van der Waals surface area contributed by atoms with Gasteiger partial charge in [0.25, 0.3) is 0 Å². The Balaban J connectivity index is 1.45. The molecule has 0 saturated heterocycles. The monoisotopic (exact) mass is 515 g/mol. The molecule has 0 saturated carbocycles. The summed E-state index contributed by atoms with van der Waals surface area (Å²) >= 11 is 0. The molecule has 0 bridgehead atoms. The number of hydrogen-bond acceptors (Lipinski definition) is 4. The first-order valence-electron chi connectivity index (χ1n) is 14.4. The van der Waals surface area contributed by atoms with Crippen LogP contribution >= 0.6 is 0 Å².